The Morgan fingerprint density at radius 3 is 2.44 bits per heavy atom. The molecule has 1 aromatic carbocycles. The first-order chi connectivity index (χ1) is 8.90. The highest BCUT2D eigenvalue weighted by molar-refractivity contribution is 6.43. The first-order valence-electron chi connectivity index (χ1n) is 7.06. The molecule has 0 bridgehead atoms. The van der Waals surface area contributed by atoms with E-state index in [2.05, 4.69) is 19.1 Å². The molecule has 0 unspecified atom stereocenters. The average Bonchev–Trinajstić information content (AvgIpc) is 2.42. The maximum absolute atomic E-state index is 4.76. The predicted molar refractivity (Wildman–Crippen MR) is 79.2 cm³/mol. The SMILES string of the molecule is CCCCN=C1CCCCC1=Nc1ccccc1. The summed E-state index contributed by atoms with van der Waals surface area (Å²) in [6, 6.07) is 10.2. The monoisotopic (exact) mass is 242 g/mol. The molecule has 0 radical (unpaired) electrons. The van der Waals surface area contributed by atoms with E-state index in [1.807, 2.05) is 18.2 Å². The lowest BCUT2D eigenvalue weighted by Crippen LogP contribution is -2.19. The lowest BCUT2D eigenvalue weighted by atomic mass is 9.96. The molecule has 0 heterocycles. The van der Waals surface area contributed by atoms with Gasteiger partial charge in [-0.15, -0.1) is 0 Å². The van der Waals surface area contributed by atoms with E-state index < -0.39 is 0 Å². The molecule has 2 nitrogen and oxygen atoms in total. The van der Waals surface area contributed by atoms with Gasteiger partial charge in [0.1, 0.15) is 0 Å². The summed E-state index contributed by atoms with van der Waals surface area (Å²) >= 11 is 0. The Bertz CT molecular complexity index is 418. The van der Waals surface area contributed by atoms with Crippen LogP contribution in [0.2, 0.25) is 0 Å². The molecular formula is C16H22N2. The molecule has 1 fully saturated rings. The number of hydrogen-bond acceptors (Lipinski definition) is 2. The molecule has 1 aliphatic rings. The fourth-order valence-corrected chi connectivity index (χ4v) is 2.19. The van der Waals surface area contributed by atoms with Crippen LogP contribution in [0.3, 0.4) is 0 Å². The smallest absolute Gasteiger partial charge is 0.0633 e. The van der Waals surface area contributed by atoms with Crippen molar-refractivity contribution in [2.24, 2.45) is 9.98 Å². The van der Waals surface area contributed by atoms with Crippen LogP contribution in [0, 0.1) is 0 Å². The Morgan fingerprint density at radius 1 is 1.00 bits per heavy atom. The molecule has 0 aliphatic heterocycles. The minimum atomic E-state index is 0.958. The minimum absolute atomic E-state index is 0.958. The largest absolute Gasteiger partial charge is 0.288 e. The highest BCUT2D eigenvalue weighted by Crippen LogP contribution is 2.18. The van der Waals surface area contributed by atoms with Gasteiger partial charge in [-0.1, -0.05) is 31.5 Å². The molecule has 0 atom stereocenters. The van der Waals surface area contributed by atoms with Crippen LogP contribution >= 0.6 is 0 Å². The summed E-state index contributed by atoms with van der Waals surface area (Å²) in [6.07, 6.45) is 7.09. The van der Waals surface area contributed by atoms with Crippen LogP contribution in [0.15, 0.2) is 40.3 Å². The third-order valence-corrected chi connectivity index (χ3v) is 3.24. The Kier molecular flexibility index (Phi) is 5.13. The van der Waals surface area contributed by atoms with Crippen LogP contribution in [0.4, 0.5) is 5.69 Å². The number of unbranched alkanes of at least 4 members (excludes halogenated alkanes) is 1. The van der Waals surface area contributed by atoms with E-state index in [0.717, 1.165) is 25.1 Å². The maximum Gasteiger partial charge on any atom is 0.0633 e. The van der Waals surface area contributed by atoms with Crippen LogP contribution in [0.5, 0.6) is 0 Å². The Hall–Kier alpha value is -1.44. The number of aliphatic imine (C=N–C) groups is 2. The molecule has 0 saturated heterocycles. The number of nitrogens with zero attached hydrogens (tertiary/aromatic N) is 2. The standard InChI is InChI=1S/C16H22N2/c1-2-3-13-17-15-11-7-8-12-16(15)18-14-9-5-4-6-10-14/h4-6,9-10H,2-3,7-8,11-13H2,1H3. The highest BCUT2D eigenvalue weighted by atomic mass is 14.8. The second kappa shape index (κ2) is 7.10. The van der Waals surface area contributed by atoms with Crippen molar-refractivity contribution >= 4 is 17.1 Å². The summed E-state index contributed by atoms with van der Waals surface area (Å²) in [6.45, 7) is 3.17. The summed E-state index contributed by atoms with van der Waals surface area (Å²) in [5.41, 5.74) is 3.51. The van der Waals surface area contributed by atoms with E-state index in [1.165, 1.54) is 37.1 Å². The topological polar surface area (TPSA) is 24.7 Å². The number of hydrogen-bond donors (Lipinski definition) is 0. The molecule has 0 amide bonds. The number of para-hydroxylation sites is 1. The van der Waals surface area contributed by atoms with Crippen molar-refractivity contribution in [3.8, 4) is 0 Å². The third kappa shape index (κ3) is 3.80. The first kappa shape index (κ1) is 13.0. The van der Waals surface area contributed by atoms with Gasteiger partial charge in [0.05, 0.1) is 17.1 Å². The van der Waals surface area contributed by atoms with E-state index in [0.29, 0.717) is 0 Å². The molecule has 2 rings (SSSR count). The predicted octanol–water partition coefficient (Wildman–Crippen LogP) is 4.57. The zero-order valence-corrected chi connectivity index (χ0v) is 11.2. The average molecular weight is 242 g/mol. The van der Waals surface area contributed by atoms with Crippen molar-refractivity contribution in [1.82, 2.24) is 0 Å². The zero-order valence-electron chi connectivity index (χ0n) is 11.2. The van der Waals surface area contributed by atoms with E-state index in [-0.39, 0.29) is 0 Å². The van der Waals surface area contributed by atoms with Gasteiger partial charge in [-0.25, -0.2) is 0 Å². The van der Waals surface area contributed by atoms with Gasteiger partial charge < -0.3 is 0 Å². The summed E-state index contributed by atoms with van der Waals surface area (Å²) in [5, 5.41) is 0. The maximum atomic E-state index is 4.76. The van der Waals surface area contributed by atoms with Crippen molar-refractivity contribution in [3.63, 3.8) is 0 Å². The van der Waals surface area contributed by atoms with Gasteiger partial charge in [-0.05, 0) is 44.2 Å². The van der Waals surface area contributed by atoms with Gasteiger partial charge in [0.25, 0.3) is 0 Å². The van der Waals surface area contributed by atoms with Gasteiger partial charge in [0.15, 0.2) is 0 Å². The Labute approximate surface area is 110 Å². The normalized spacial score (nSPS) is 20.5. The van der Waals surface area contributed by atoms with E-state index in [1.54, 1.807) is 0 Å². The van der Waals surface area contributed by atoms with Gasteiger partial charge in [-0.2, -0.15) is 0 Å². The van der Waals surface area contributed by atoms with Crippen LogP contribution in [0.1, 0.15) is 45.4 Å². The molecule has 0 spiro atoms. The molecule has 0 N–H and O–H groups in total. The highest BCUT2D eigenvalue weighted by Gasteiger charge is 2.14. The first-order valence-corrected chi connectivity index (χ1v) is 7.06. The van der Waals surface area contributed by atoms with Gasteiger partial charge in [0, 0.05) is 6.54 Å². The Morgan fingerprint density at radius 2 is 1.72 bits per heavy atom. The van der Waals surface area contributed by atoms with Gasteiger partial charge in [0.2, 0.25) is 0 Å². The van der Waals surface area contributed by atoms with Gasteiger partial charge >= 0.3 is 0 Å². The Balaban J connectivity index is 2.12. The van der Waals surface area contributed by atoms with Crippen LogP contribution < -0.4 is 0 Å². The van der Waals surface area contributed by atoms with E-state index >= 15 is 0 Å². The molecule has 18 heavy (non-hydrogen) atoms. The third-order valence-electron chi connectivity index (χ3n) is 3.24. The van der Waals surface area contributed by atoms with Crippen LogP contribution in [-0.4, -0.2) is 18.0 Å². The lowest BCUT2D eigenvalue weighted by Gasteiger charge is -2.16. The second-order valence-electron chi connectivity index (χ2n) is 4.78. The van der Waals surface area contributed by atoms with E-state index in [9.17, 15) is 0 Å². The molecular weight excluding hydrogens is 220 g/mol. The number of benzene rings is 1. The minimum Gasteiger partial charge on any atom is -0.288 e. The zero-order chi connectivity index (χ0) is 12.6. The van der Waals surface area contributed by atoms with Crippen molar-refractivity contribution in [2.45, 2.75) is 45.4 Å². The van der Waals surface area contributed by atoms with Crippen molar-refractivity contribution in [2.75, 3.05) is 6.54 Å². The molecule has 1 aromatic rings. The molecule has 0 aromatic heterocycles. The second-order valence-corrected chi connectivity index (χ2v) is 4.78. The van der Waals surface area contributed by atoms with Crippen molar-refractivity contribution in [3.05, 3.63) is 30.3 Å². The summed E-state index contributed by atoms with van der Waals surface area (Å²) in [7, 11) is 0. The summed E-state index contributed by atoms with van der Waals surface area (Å²) in [5.74, 6) is 0. The van der Waals surface area contributed by atoms with Gasteiger partial charge in [-0.3, -0.25) is 9.98 Å². The number of rotatable bonds is 4. The quantitative estimate of drug-likeness (QED) is 0.691. The fraction of sp³-hybridized carbons (Fsp3) is 0.500. The lowest BCUT2D eigenvalue weighted by molar-refractivity contribution is 0.762. The summed E-state index contributed by atoms with van der Waals surface area (Å²) < 4.78 is 0. The van der Waals surface area contributed by atoms with E-state index in [4.69, 9.17) is 9.98 Å². The molecule has 2 heteroatoms. The van der Waals surface area contributed by atoms with Crippen LogP contribution in [-0.2, 0) is 0 Å². The van der Waals surface area contributed by atoms with Crippen LogP contribution in [0.25, 0.3) is 0 Å². The molecule has 1 saturated carbocycles. The fourth-order valence-electron chi connectivity index (χ4n) is 2.19. The van der Waals surface area contributed by atoms with Crippen molar-refractivity contribution in [1.29, 1.82) is 0 Å². The van der Waals surface area contributed by atoms with Crippen molar-refractivity contribution < 1.29 is 0 Å². The molecule has 1 aliphatic carbocycles. The molecule has 96 valence electrons. The summed E-state index contributed by atoms with van der Waals surface area (Å²) in [4.78, 5) is 9.50.